The van der Waals surface area contributed by atoms with Crippen LogP contribution in [-0.2, 0) is 19.4 Å². The molecule has 1 aliphatic carbocycles. The van der Waals surface area contributed by atoms with Gasteiger partial charge in [-0.15, -0.1) is 16.7 Å². The molecule has 0 bridgehead atoms. The minimum atomic E-state index is 0.572. The highest BCUT2D eigenvalue weighted by Crippen LogP contribution is 2.32. The van der Waals surface area contributed by atoms with E-state index in [-0.39, 0.29) is 0 Å². The molecular formula is C16H20ClN3. The zero-order chi connectivity index (χ0) is 13.8. The Morgan fingerprint density at radius 2 is 2.20 bits per heavy atom. The van der Waals surface area contributed by atoms with Gasteiger partial charge in [0.25, 0.3) is 0 Å². The van der Waals surface area contributed by atoms with E-state index in [1.165, 1.54) is 30.4 Å². The first-order chi connectivity index (χ1) is 9.86. The van der Waals surface area contributed by atoms with Gasteiger partial charge in [-0.05, 0) is 43.2 Å². The first-order valence-corrected chi connectivity index (χ1v) is 7.93. The Hall–Kier alpha value is -1.35. The molecule has 0 amide bonds. The summed E-state index contributed by atoms with van der Waals surface area (Å²) in [4.78, 5) is 0. The van der Waals surface area contributed by atoms with Crippen LogP contribution < -0.4 is 0 Å². The molecule has 0 fully saturated rings. The molecule has 1 heterocycles. The lowest BCUT2D eigenvalue weighted by molar-refractivity contribution is 0.449. The molecule has 0 radical (unpaired) electrons. The van der Waals surface area contributed by atoms with Gasteiger partial charge in [-0.25, -0.2) is 0 Å². The van der Waals surface area contributed by atoms with Crippen molar-refractivity contribution < 1.29 is 0 Å². The fourth-order valence-corrected chi connectivity index (χ4v) is 3.19. The summed E-state index contributed by atoms with van der Waals surface area (Å²) in [6, 6.07) is 8.81. The van der Waals surface area contributed by atoms with E-state index in [4.69, 9.17) is 11.6 Å². The maximum atomic E-state index is 5.72. The van der Waals surface area contributed by atoms with Crippen LogP contribution in [0.4, 0.5) is 0 Å². The molecule has 0 saturated carbocycles. The quantitative estimate of drug-likeness (QED) is 0.788. The summed E-state index contributed by atoms with van der Waals surface area (Å²) in [5.41, 5.74) is 4.05. The number of halogens is 1. The zero-order valence-electron chi connectivity index (χ0n) is 11.6. The number of benzene rings is 1. The summed E-state index contributed by atoms with van der Waals surface area (Å²) in [5.74, 6) is 1.26. The van der Waals surface area contributed by atoms with Crippen LogP contribution >= 0.6 is 11.6 Å². The minimum Gasteiger partial charge on any atom is -0.252 e. The predicted molar refractivity (Wildman–Crippen MR) is 81.2 cm³/mol. The maximum absolute atomic E-state index is 5.72. The van der Waals surface area contributed by atoms with Gasteiger partial charge in [-0.3, -0.25) is 4.68 Å². The second-order valence-electron chi connectivity index (χ2n) is 5.51. The number of aromatic nitrogens is 3. The number of hydrogen-bond acceptors (Lipinski definition) is 2. The lowest BCUT2D eigenvalue weighted by atomic mass is 9.83. The van der Waals surface area contributed by atoms with Gasteiger partial charge in [-0.1, -0.05) is 29.5 Å². The van der Waals surface area contributed by atoms with E-state index < -0.39 is 0 Å². The van der Waals surface area contributed by atoms with Gasteiger partial charge in [0, 0.05) is 24.5 Å². The molecule has 0 N–H and O–H groups in total. The van der Waals surface area contributed by atoms with E-state index in [2.05, 4.69) is 40.8 Å². The van der Waals surface area contributed by atoms with Gasteiger partial charge < -0.3 is 0 Å². The predicted octanol–water partition coefficient (Wildman–Crippen LogP) is 3.57. The van der Waals surface area contributed by atoms with Crippen LogP contribution in [-0.4, -0.2) is 20.9 Å². The summed E-state index contributed by atoms with van der Waals surface area (Å²) in [5, 5.41) is 8.49. The lowest BCUT2D eigenvalue weighted by Crippen LogP contribution is -2.15. The molecule has 0 spiro atoms. The van der Waals surface area contributed by atoms with E-state index in [1.54, 1.807) is 0 Å². The standard InChI is InChI=1S/C16H20ClN3/c17-10-4-8-15-12-20(19-18-15)11-14-7-3-6-13-5-1-2-9-16(13)14/h1-2,5,9,12,14H,3-4,6-8,10-11H2. The Morgan fingerprint density at radius 3 is 3.10 bits per heavy atom. The maximum Gasteiger partial charge on any atom is 0.0827 e. The van der Waals surface area contributed by atoms with Crippen molar-refractivity contribution in [1.82, 2.24) is 15.0 Å². The average Bonchev–Trinajstić information content (AvgIpc) is 2.93. The molecule has 106 valence electrons. The van der Waals surface area contributed by atoms with Crippen molar-refractivity contribution in [3.63, 3.8) is 0 Å². The number of rotatable bonds is 5. The second kappa shape index (κ2) is 6.40. The Morgan fingerprint density at radius 1 is 1.30 bits per heavy atom. The van der Waals surface area contributed by atoms with Crippen molar-refractivity contribution in [2.75, 3.05) is 5.88 Å². The Labute approximate surface area is 125 Å². The molecule has 1 atom stereocenters. The number of aryl methyl sites for hydroxylation is 2. The highest BCUT2D eigenvalue weighted by molar-refractivity contribution is 6.17. The molecule has 0 aliphatic heterocycles. The molecule has 1 aliphatic rings. The third kappa shape index (κ3) is 3.04. The summed E-state index contributed by atoms with van der Waals surface area (Å²) in [6.45, 7) is 0.935. The van der Waals surface area contributed by atoms with Gasteiger partial charge in [0.1, 0.15) is 0 Å². The summed E-state index contributed by atoms with van der Waals surface area (Å²) >= 11 is 5.72. The van der Waals surface area contributed by atoms with Crippen molar-refractivity contribution in [1.29, 1.82) is 0 Å². The number of nitrogens with zero attached hydrogens (tertiary/aromatic N) is 3. The average molecular weight is 290 g/mol. The highest BCUT2D eigenvalue weighted by atomic mass is 35.5. The highest BCUT2D eigenvalue weighted by Gasteiger charge is 2.20. The molecule has 3 rings (SSSR count). The first-order valence-electron chi connectivity index (χ1n) is 7.39. The molecule has 1 unspecified atom stereocenters. The third-order valence-corrected chi connectivity index (χ3v) is 4.32. The Balaban J connectivity index is 1.71. The van der Waals surface area contributed by atoms with Crippen LogP contribution in [0, 0.1) is 0 Å². The molecule has 1 aromatic heterocycles. The number of alkyl halides is 1. The zero-order valence-corrected chi connectivity index (χ0v) is 12.4. The van der Waals surface area contributed by atoms with E-state index in [9.17, 15) is 0 Å². The monoisotopic (exact) mass is 289 g/mol. The summed E-state index contributed by atoms with van der Waals surface area (Å²) < 4.78 is 2.00. The molecule has 4 heteroatoms. The molecule has 20 heavy (non-hydrogen) atoms. The van der Waals surface area contributed by atoms with E-state index in [0.717, 1.165) is 25.1 Å². The lowest BCUT2D eigenvalue weighted by Gasteiger charge is -2.25. The van der Waals surface area contributed by atoms with Crippen LogP contribution in [0.15, 0.2) is 30.5 Å². The van der Waals surface area contributed by atoms with Crippen LogP contribution in [0.2, 0.25) is 0 Å². The third-order valence-electron chi connectivity index (χ3n) is 4.05. The topological polar surface area (TPSA) is 30.7 Å². The van der Waals surface area contributed by atoms with Gasteiger partial charge in [0.05, 0.1) is 5.69 Å². The second-order valence-corrected chi connectivity index (χ2v) is 5.89. The van der Waals surface area contributed by atoms with Crippen molar-refractivity contribution in [2.24, 2.45) is 0 Å². The van der Waals surface area contributed by atoms with Crippen LogP contribution in [0.25, 0.3) is 0 Å². The fraction of sp³-hybridized carbons (Fsp3) is 0.500. The number of hydrogen-bond donors (Lipinski definition) is 0. The van der Waals surface area contributed by atoms with Gasteiger partial charge in [0.2, 0.25) is 0 Å². The summed E-state index contributed by atoms with van der Waals surface area (Å²) in [7, 11) is 0. The number of fused-ring (bicyclic) bond motifs is 1. The van der Waals surface area contributed by atoms with Crippen molar-refractivity contribution in [3.05, 3.63) is 47.3 Å². The van der Waals surface area contributed by atoms with Crippen molar-refractivity contribution in [2.45, 2.75) is 44.6 Å². The first kappa shape index (κ1) is 13.6. The summed E-state index contributed by atoms with van der Waals surface area (Å²) in [6.07, 6.45) is 7.69. The normalized spacial score (nSPS) is 17.9. The van der Waals surface area contributed by atoms with E-state index in [1.807, 2.05) is 4.68 Å². The van der Waals surface area contributed by atoms with Crippen LogP contribution in [0.3, 0.4) is 0 Å². The van der Waals surface area contributed by atoms with Crippen LogP contribution in [0.1, 0.15) is 42.0 Å². The Kier molecular flexibility index (Phi) is 4.36. The minimum absolute atomic E-state index is 0.572. The van der Waals surface area contributed by atoms with E-state index in [0.29, 0.717) is 11.8 Å². The molecule has 3 nitrogen and oxygen atoms in total. The molecule has 2 aromatic rings. The smallest absolute Gasteiger partial charge is 0.0827 e. The molecular weight excluding hydrogens is 270 g/mol. The molecule has 1 aromatic carbocycles. The van der Waals surface area contributed by atoms with Gasteiger partial charge in [-0.2, -0.15) is 0 Å². The molecule has 0 saturated heterocycles. The van der Waals surface area contributed by atoms with E-state index >= 15 is 0 Å². The van der Waals surface area contributed by atoms with Crippen molar-refractivity contribution in [3.8, 4) is 0 Å². The van der Waals surface area contributed by atoms with Gasteiger partial charge >= 0.3 is 0 Å². The van der Waals surface area contributed by atoms with Crippen molar-refractivity contribution >= 4 is 11.6 Å². The largest absolute Gasteiger partial charge is 0.252 e. The van der Waals surface area contributed by atoms with Gasteiger partial charge in [0.15, 0.2) is 0 Å². The Bertz CT molecular complexity index is 564. The van der Waals surface area contributed by atoms with Crippen LogP contribution in [0.5, 0.6) is 0 Å². The fourth-order valence-electron chi connectivity index (χ4n) is 3.06. The SMILES string of the molecule is ClCCCc1cn(CC2CCCc3ccccc32)nn1.